The van der Waals surface area contributed by atoms with Gasteiger partial charge in [-0.2, -0.15) is 0 Å². The molecule has 0 aromatic heterocycles. The number of nitrogens with zero attached hydrogens (tertiary/aromatic N) is 2. The van der Waals surface area contributed by atoms with Crippen LogP contribution in [-0.2, 0) is 4.79 Å². The lowest BCUT2D eigenvalue weighted by Crippen LogP contribution is -2.48. The molecule has 0 bridgehead atoms. The number of para-hydroxylation sites is 2. The SMILES string of the molecule is COc1ccccc1N1CCN(C(=O)C=Cc2ccccc2Cl)CC1. The molecular weight excluding hydrogens is 336 g/mol. The van der Waals surface area contributed by atoms with E-state index in [1.54, 1.807) is 19.3 Å². The zero-order chi connectivity index (χ0) is 17.6. The number of piperazine rings is 1. The first-order chi connectivity index (χ1) is 12.2. The second kappa shape index (κ2) is 8.08. The summed E-state index contributed by atoms with van der Waals surface area (Å²) in [7, 11) is 1.68. The van der Waals surface area contributed by atoms with Crippen molar-refractivity contribution in [1.82, 2.24) is 4.90 Å². The van der Waals surface area contributed by atoms with Crippen molar-refractivity contribution in [3.8, 4) is 5.75 Å². The number of hydrogen-bond acceptors (Lipinski definition) is 3. The molecular formula is C20H21ClN2O2. The van der Waals surface area contributed by atoms with Crippen LogP contribution in [0.25, 0.3) is 6.08 Å². The highest BCUT2D eigenvalue weighted by atomic mass is 35.5. The van der Waals surface area contributed by atoms with Crippen LogP contribution in [0.2, 0.25) is 5.02 Å². The van der Waals surface area contributed by atoms with Crippen LogP contribution in [0.5, 0.6) is 5.75 Å². The van der Waals surface area contributed by atoms with Gasteiger partial charge in [-0.15, -0.1) is 0 Å². The standard InChI is InChI=1S/C20H21ClN2O2/c1-25-19-9-5-4-8-18(19)22-12-14-23(15-13-22)20(24)11-10-16-6-2-3-7-17(16)21/h2-11H,12-15H2,1H3. The average Bonchev–Trinajstić information content (AvgIpc) is 2.67. The van der Waals surface area contributed by atoms with Crippen molar-refractivity contribution in [3.63, 3.8) is 0 Å². The fraction of sp³-hybridized carbons (Fsp3) is 0.250. The molecule has 5 heteroatoms. The second-order valence-corrected chi connectivity index (χ2v) is 6.25. The maximum atomic E-state index is 12.4. The minimum Gasteiger partial charge on any atom is -0.495 e. The summed E-state index contributed by atoms with van der Waals surface area (Å²) in [5, 5.41) is 0.646. The van der Waals surface area contributed by atoms with Crippen LogP contribution < -0.4 is 9.64 Å². The molecule has 0 spiro atoms. The molecule has 4 nitrogen and oxygen atoms in total. The Morgan fingerprint density at radius 3 is 2.44 bits per heavy atom. The number of halogens is 1. The molecule has 130 valence electrons. The highest BCUT2D eigenvalue weighted by molar-refractivity contribution is 6.32. The Bertz CT molecular complexity index is 768. The predicted molar refractivity (Wildman–Crippen MR) is 102 cm³/mol. The molecule has 1 aliphatic rings. The fourth-order valence-corrected chi connectivity index (χ4v) is 3.13. The lowest BCUT2D eigenvalue weighted by molar-refractivity contribution is -0.126. The van der Waals surface area contributed by atoms with E-state index < -0.39 is 0 Å². The molecule has 3 rings (SSSR count). The van der Waals surface area contributed by atoms with E-state index in [-0.39, 0.29) is 5.91 Å². The Morgan fingerprint density at radius 2 is 1.72 bits per heavy atom. The summed E-state index contributed by atoms with van der Waals surface area (Å²) in [6.45, 7) is 2.94. The van der Waals surface area contributed by atoms with E-state index in [1.807, 2.05) is 53.4 Å². The summed E-state index contributed by atoms with van der Waals surface area (Å²) in [6, 6.07) is 15.5. The summed E-state index contributed by atoms with van der Waals surface area (Å²) in [5.74, 6) is 0.875. The molecule has 0 unspecified atom stereocenters. The van der Waals surface area contributed by atoms with Crippen molar-refractivity contribution < 1.29 is 9.53 Å². The number of methoxy groups -OCH3 is 1. The van der Waals surface area contributed by atoms with Crippen LogP contribution in [0.15, 0.2) is 54.6 Å². The van der Waals surface area contributed by atoms with Gasteiger partial charge >= 0.3 is 0 Å². The van der Waals surface area contributed by atoms with E-state index in [2.05, 4.69) is 4.90 Å². The van der Waals surface area contributed by atoms with Gasteiger partial charge in [0.15, 0.2) is 0 Å². The topological polar surface area (TPSA) is 32.8 Å². The number of benzene rings is 2. The number of hydrogen-bond donors (Lipinski definition) is 0. The molecule has 1 heterocycles. The average molecular weight is 357 g/mol. The molecule has 1 saturated heterocycles. The molecule has 2 aromatic carbocycles. The van der Waals surface area contributed by atoms with Crippen LogP contribution in [0, 0.1) is 0 Å². The van der Waals surface area contributed by atoms with Gasteiger partial charge in [0.05, 0.1) is 12.8 Å². The summed E-state index contributed by atoms with van der Waals surface area (Å²) in [4.78, 5) is 16.5. The van der Waals surface area contributed by atoms with Crippen molar-refractivity contribution in [2.75, 3.05) is 38.2 Å². The minimum atomic E-state index is 0.0135. The number of carbonyl (C=O) groups is 1. The first-order valence-corrected chi connectivity index (χ1v) is 8.66. The smallest absolute Gasteiger partial charge is 0.246 e. The first-order valence-electron chi connectivity index (χ1n) is 8.28. The van der Waals surface area contributed by atoms with Gasteiger partial charge in [-0.05, 0) is 29.8 Å². The van der Waals surface area contributed by atoms with E-state index in [1.165, 1.54) is 0 Å². The number of ether oxygens (including phenoxy) is 1. The maximum Gasteiger partial charge on any atom is 0.246 e. The number of rotatable bonds is 4. The predicted octanol–water partition coefficient (Wildman–Crippen LogP) is 3.71. The highest BCUT2D eigenvalue weighted by Crippen LogP contribution is 2.28. The third-order valence-corrected chi connectivity index (χ3v) is 4.67. The van der Waals surface area contributed by atoms with Gasteiger partial charge in [-0.25, -0.2) is 0 Å². The monoisotopic (exact) mass is 356 g/mol. The Hall–Kier alpha value is -2.46. The summed E-state index contributed by atoms with van der Waals surface area (Å²) in [6.07, 6.45) is 3.37. The third-order valence-electron chi connectivity index (χ3n) is 4.33. The van der Waals surface area contributed by atoms with Gasteiger partial charge in [-0.1, -0.05) is 41.9 Å². The Labute approximate surface area is 153 Å². The van der Waals surface area contributed by atoms with Crippen molar-refractivity contribution in [2.45, 2.75) is 0 Å². The van der Waals surface area contributed by atoms with Gasteiger partial charge < -0.3 is 14.5 Å². The van der Waals surface area contributed by atoms with Crippen LogP contribution in [-0.4, -0.2) is 44.1 Å². The van der Waals surface area contributed by atoms with Crippen molar-refractivity contribution in [1.29, 1.82) is 0 Å². The zero-order valence-electron chi connectivity index (χ0n) is 14.2. The van der Waals surface area contributed by atoms with Crippen molar-refractivity contribution in [3.05, 3.63) is 65.2 Å². The largest absolute Gasteiger partial charge is 0.495 e. The molecule has 0 saturated carbocycles. The Morgan fingerprint density at radius 1 is 1.04 bits per heavy atom. The molecule has 0 aliphatic carbocycles. The van der Waals surface area contributed by atoms with E-state index in [4.69, 9.17) is 16.3 Å². The number of amides is 1. The number of anilines is 1. The van der Waals surface area contributed by atoms with E-state index in [0.717, 1.165) is 30.1 Å². The molecule has 0 atom stereocenters. The van der Waals surface area contributed by atoms with Gasteiger partial charge in [0, 0.05) is 37.3 Å². The summed E-state index contributed by atoms with van der Waals surface area (Å²) >= 11 is 6.11. The van der Waals surface area contributed by atoms with E-state index >= 15 is 0 Å². The maximum absolute atomic E-state index is 12.4. The number of carbonyl (C=O) groups excluding carboxylic acids is 1. The minimum absolute atomic E-state index is 0.0135. The molecule has 2 aromatic rings. The fourth-order valence-electron chi connectivity index (χ4n) is 2.94. The van der Waals surface area contributed by atoms with E-state index in [9.17, 15) is 4.79 Å². The van der Waals surface area contributed by atoms with Gasteiger partial charge in [0.2, 0.25) is 5.91 Å². The summed E-state index contributed by atoms with van der Waals surface area (Å²) in [5.41, 5.74) is 1.92. The van der Waals surface area contributed by atoms with Gasteiger partial charge in [0.25, 0.3) is 0 Å². The van der Waals surface area contributed by atoms with Crippen LogP contribution in [0.1, 0.15) is 5.56 Å². The van der Waals surface area contributed by atoms with Crippen LogP contribution in [0.3, 0.4) is 0 Å². The zero-order valence-corrected chi connectivity index (χ0v) is 14.9. The lowest BCUT2D eigenvalue weighted by atomic mass is 10.2. The van der Waals surface area contributed by atoms with Crippen molar-refractivity contribution >= 4 is 29.3 Å². The van der Waals surface area contributed by atoms with Crippen LogP contribution >= 0.6 is 11.6 Å². The van der Waals surface area contributed by atoms with Gasteiger partial charge in [-0.3, -0.25) is 4.79 Å². The molecule has 1 aliphatic heterocycles. The highest BCUT2D eigenvalue weighted by Gasteiger charge is 2.21. The molecule has 1 fully saturated rings. The molecule has 1 amide bonds. The molecule has 0 radical (unpaired) electrons. The van der Waals surface area contributed by atoms with Gasteiger partial charge in [0.1, 0.15) is 5.75 Å². The molecule has 0 N–H and O–H groups in total. The Kier molecular flexibility index (Phi) is 5.61. The molecule has 25 heavy (non-hydrogen) atoms. The summed E-state index contributed by atoms with van der Waals surface area (Å²) < 4.78 is 5.43. The van der Waals surface area contributed by atoms with Crippen LogP contribution in [0.4, 0.5) is 5.69 Å². The third kappa shape index (κ3) is 4.15. The first kappa shape index (κ1) is 17.4. The Balaban J connectivity index is 1.60. The van der Waals surface area contributed by atoms with E-state index in [0.29, 0.717) is 18.1 Å². The normalized spacial score (nSPS) is 14.8. The quantitative estimate of drug-likeness (QED) is 0.783. The lowest BCUT2D eigenvalue weighted by Gasteiger charge is -2.36. The van der Waals surface area contributed by atoms with Crippen molar-refractivity contribution in [2.24, 2.45) is 0 Å². The second-order valence-electron chi connectivity index (χ2n) is 5.84.